The van der Waals surface area contributed by atoms with Crippen molar-refractivity contribution in [2.75, 3.05) is 13.2 Å². The van der Waals surface area contributed by atoms with Crippen molar-refractivity contribution in [3.05, 3.63) is 42.4 Å². The van der Waals surface area contributed by atoms with Gasteiger partial charge in [-0.15, -0.1) is 0 Å². The highest BCUT2D eigenvalue weighted by molar-refractivity contribution is 5.93. The van der Waals surface area contributed by atoms with E-state index in [1.807, 2.05) is 36.9 Å². The summed E-state index contributed by atoms with van der Waals surface area (Å²) in [5.41, 5.74) is 0.434. The van der Waals surface area contributed by atoms with Gasteiger partial charge in [-0.1, -0.05) is 6.07 Å². The lowest BCUT2D eigenvalue weighted by molar-refractivity contribution is -0.0252. The summed E-state index contributed by atoms with van der Waals surface area (Å²) in [4.78, 5) is 19.0. The second-order valence-corrected chi connectivity index (χ2v) is 5.28. The fraction of sp³-hybridized carbons (Fsp3) is 0.400. The molecule has 6 nitrogen and oxygen atoms in total. The molecule has 0 unspecified atom stereocenters. The third kappa shape index (κ3) is 2.67. The fourth-order valence-electron chi connectivity index (χ4n) is 2.61. The van der Waals surface area contributed by atoms with E-state index in [4.69, 9.17) is 4.74 Å². The third-order valence-electron chi connectivity index (χ3n) is 3.59. The number of morpholine rings is 1. The number of carbonyl (C=O) groups excluding carboxylic acids is 1. The van der Waals surface area contributed by atoms with Crippen molar-refractivity contribution in [2.45, 2.75) is 25.9 Å². The zero-order chi connectivity index (χ0) is 14.8. The number of ether oxygens (including phenoxy) is 1. The van der Waals surface area contributed by atoms with Crippen molar-refractivity contribution < 1.29 is 9.53 Å². The summed E-state index contributed by atoms with van der Waals surface area (Å²) in [6.07, 6.45) is 3.48. The minimum Gasteiger partial charge on any atom is -0.377 e. The van der Waals surface area contributed by atoms with Crippen LogP contribution < -0.4 is 0 Å². The highest BCUT2D eigenvalue weighted by Gasteiger charge is 2.31. The topological polar surface area (TPSA) is 60.2 Å². The Labute approximate surface area is 123 Å². The number of hydrogen-bond donors (Lipinski definition) is 0. The molecular formula is C15H18N4O2. The van der Waals surface area contributed by atoms with Crippen LogP contribution in [0.15, 0.2) is 36.7 Å². The van der Waals surface area contributed by atoms with Gasteiger partial charge in [0.1, 0.15) is 5.69 Å². The van der Waals surface area contributed by atoms with Crippen molar-refractivity contribution in [1.82, 2.24) is 19.7 Å². The number of nitrogens with zero attached hydrogens (tertiary/aromatic N) is 4. The molecular weight excluding hydrogens is 268 g/mol. The normalized spacial score (nSPS) is 22.3. The summed E-state index contributed by atoms with van der Waals surface area (Å²) in [7, 11) is 0. The van der Waals surface area contributed by atoms with Crippen LogP contribution >= 0.6 is 0 Å². The third-order valence-corrected chi connectivity index (χ3v) is 3.59. The highest BCUT2D eigenvalue weighted by atomic mass is 16.5. The largest absolute Gasteiger partial charge is 0.377 e. The summed E-state index contributed by atoms with van der Waals surface area (Å²) in [6, 6.07) is 7.32. The van der Waals surface area contributed by atoms with Gasteiger partial charge in [0.2, 0.25) is 0 Å². The summed E-state index contributed by atoms with van der Waals surface area (Å²) in [6.45, 7) is 5.11. The SMILES string of the molecule is C[C@@H]1COC[C@H](C)N1C(=O)c1cccc(-n2cccn2)n1. The summed E-state index contributed by atoms with van der Waals surface area (Å²) in [5, 5.41) is 4.14. The molecule has 0 saturated carbocycles. The van der Waals surface area contributed by atoms with Gasteiger partial charge in [0, 0.05) is 12.4 Å². The van der Waals surface area contributed by atoms with Crippen LogP contribution in [-0.2, 0) is 4.74 Å². The minimum atomic E-state index is -0.0627. The Bertz CT molecular complexity index is 616. The van der Waals surface area contributed by atoms with Crippen molar-refractivity contribution >= 4 is 5.91 Å². The molecule has 3 heterocycles. The maximum absolute atomic E-state index is 12.7. The Kier molecular flexibility index (Phi) is 3.70. The molecule has 0 aliphatic carbocycles. The number of rotatable bonds is 2. The lowest BCUT2D eigenvalue weighted by Crippen LogP contribution is -2.52. The molecule has 110 valence electrons. The molecule has 1 amide bonds. The second kappa shape index (κ2) is 5.65. The minimum absolute atomic E-state index is 0.0522. The van der Waals surface area contributed by atoms with E-state index in [-0.39, 0.29) is 18.0 Å². The Morgan fingerprint density at radius 2 is 2.00 bits per heavy atom. The first-order valence-electron chi connectivity index (χ1n) is 7.04. The van der Waals surface area contributed by atoms with Gasteiger partial charge >= 0.3 is 0 Å². The van der Waals surface area contributed by atoms with Gasteiger partial charge in [-0.25, -0.2) is 9.67 Å². The molecule has 1 aliphatic rings. The van der Waals surface area contributed by atoms with Gasteiger partial charge in [0.25, 0.3) is 5.91 Å². The predicted octanol–water partition coefficient (Wildman–Crippen LogP) is 1.52. The second-order valence-electron chi connectivity index (χ2n) is 5.28. The molecule has 2 aromatic rings. The molecule has 1 aliphatic heterocycles. The molecule has 2 aromatic heterocycles. The van der Waals surface area contributed by atoms with Crippen molar-refractivity contribution in [1.29, 1.82) is 0 Å². The summed E-state index contributed by atoms with van der Waals surface area (Å²) in [5.74, 6) is 0.576. The fourth-order valence-corrected chi connectivity index (χ4v) is 2.61. The Hall–Kier alpha value is -2.21. The number of carbonyl (C=O) groups is 1. The van der Waals surface area contributed by atoms with E-state index >= 15 is 0 Å². The Morgan fingerprint density at radius 1 is 1.24 bits per heavy atom. The van der Waals surface area contributed by atoms with Crippen molar-refractivity contribution in [3.63, 3.8) is 0 Å². The van der Waals surface area contributed by atoms with Crippen molar-refractivity contribution in [2.24, 2.45) is 0 Å². The Morgan fingerprint density at radius 3 is 2.67 bits per heavy atom. The lowest BCUT2D eigenvalue weighted by Gasteiger charge is -2.38. The summed E-state index contributed by atoms with van der Waals surface area (Å²) >= 11 is 0. The zero-order valence-corrected chi connectivity index (χ0v) is 12.1. The maximum Gasteiger partial charge on any atom is 0.273 e. The molecule has 2 atom stereocenters. The lowest BCUT2D eigenvalue weighted by atomic mass is 10.1. The summed E-state index contributed by atoms with van der Waals surface area (Å²) < 4.78 is 7.11. The molecule has 1 fully saturated rings. The van der Waals surface area contributed by atoms with Crippen LogP contribution in [-0.4, -0.2) is 50.9 Å². The highest BCUT2D eigenvalue weighted by Crippen LogP contribution is 2.17. The number of pyridine rings is 1. The van der Waals surface area contributed by atoms with Crippen LogP contribution in [0.4, 0.5) is 0 Å². The molecule has 0 bridgehead atoms. The first-order chi connectivity index (χ1) is 10.2. The van der Waals surface area contributed by atoms with E-state index in [0.717, 1.165) is 0 Å². The van der Waals surface area contributed by atoms with Crippen LogP contribution in [0, 0.1) is 0 Å². The van der Waals surface area contributed by atoms with Crippen LogP contribution in [0.3, 0.4) is 0 Å². The van der Waals surface area contributed by atoms with Crippen LogP contribution in [0.25, 0.3) is 5.82 Å². The van der Waals surface area contributed by atoms with Gasteiger partial charge in [0.05, 0.1) is 25.3 Å². The average molecular weight is 286 g/mol. The van der Waals surface area contributed by atoms with Gasteiger partial charge in [-0.05, 0) is 32.0 Å². The zero-order valence-electron chi connectivity index (χ0n) is 12.1. The monoisotopic (exact) mass is 286 g/mol. The van der Waals surface area contributed by atoms with Gasteiger partial charge in [0.15, 0.2) is 5.82 Å². The molecule has 3 rings (SSSR count). The van der Waals surface area contributed by atoms with E-state index < -0.39 is 0 Å². The van der Waals surface area contributed by atoms with E-state index in [1.54, 1.807) is 23.1 Å². The molecule has 1 saturated heterocycles. The van der Waals surface area contributed by atoms with Crippen LogP contribution in [0.1, 0.15) is 24.3 Å². The van der Waals surface area contributed by atoms with Crippen molar-refractivity contribution in [3.8, 4) is 5.82 Å². The molecule has 21 heavy (non-hydrogen) atoms. The number of hydrogen-bond acceptors (Lipinski definition) is 4. The average Bonchev–Trinajstić information content (AvgIpc) is 3.01. The maximum atomic E-state index is 12.7. The van der Waals surface area contributed by atoms with Gasteiger partial charge < -0.3 is 9.64 Å². The molecule has 0 aromatic carbocycles. The molecule has 6 heteroatoms. The van der Waals surface area contributed by atoms with E-state index in [0.29, 0.717) is 24.7 Å². The van der Waals surface area contributed by atoms with E-state index in [1.165, 1.54) is 0 Å². The van der Waals surface area contributed by atoms with Crippen LogP contribution in [0.2, 0.25) is 0 Å². The number of amides is 1. The molecule has 0 spiro atoms. The smallest absolute Gasteiger partial charge is 0.273 e. The quantitative estimate of drug-likeness (QED) is 0.839. The molecule has 0 radical (unpaired) electrons. The van der Waals surface area contributed by atoms with Gasteiger partial charge in [-0.2, -0.15) is 5.10 Å². The Balaban J connectivity index is 1.89. The van der Waals surface area contributed by atoms with Crippen LogP contribution in [0.5, 0.6) is 0 Å². The molecule has 0 N–H and O–H groups in total. The van der Waals surface area contributed by atoms with E-state index in [9.17, 15) is 4.79 Å². The predicted molar refractivity (Wildman–Crippen MR) is 77.3 cm³/mol. The first-order valence-corrected chi connectivity index (χ1v) is 7.04. The first kappa shape index (κ1) is 13.8. The standard InChI is InChI=1S/C15H18N4O2/c1-11-9-21-10-12(2)19(11)15(20)13-5-3-6-14(17-13)18-8-4-7-16-18/h3-8,11-12H,9-10H2,1-2H3/t11-,12+. The van der Waals surface area contributed by atoms with Gasteiger partial charge in [-0.3, -0.25) is 4.79 Å². The van der Waals surface area contributed by atoms with E-state index in [2.05, 4.69) is 10.1 Å². The number of aromatic nitrogens is 3.